The number of carbonyl (C=O) groups is 1. The van der Waals surface area contributed by atoms with Crippen LogP contribution in [0.1, 0.15) is 37.7 Å². The fourth-order valence-electron chi connectivity index (χ4n) is 2.09. The molecule has 2 N–H and O–H groups in total. The van der Waals surface area contributed by atoms with Crippen molar-refractivity contribution in [1.29, 1.82) is 0 Å². The van der Waals surface area contributed by atoms with Crippen molar-refractivity contribution in [3.05, 3.63) is 42.2 Å². The summed E-state index contributed by atoms with van der Waals surface area (Å²) in [5.74, 6) is -1.27. The van der Waals surface area contributed by atoms with E-state index in [1.807, 2.05) is 6.08 Å². The highest BCUT2D eigenvalue weighted by molar-refractivity contribution is 5.77. The van der Waals surface area contributed by atoms with Crippen LogP contribution in [0.25, 0.3) is 0 Å². The Kier molecular flexibility index (Phi) is 6.77. The lowest BCUT2D eigenvalue weighted by Crippen LogP contribution is -2.29. The number of rotatable bonds is 9. The van der Waals surface area contributed by atoms with Gasteiger partial charge in [-0.25, -0.2) is 9.18 Å². The zero-order valence-corrected chi connectivity index (χ0v) is 11.9. The summed E-state index contributed by atoms with van der Waals surface area (Å²) >= 11 is 0. The number of halogens is 1. The van der Waals surface area contributed by atoms with Crippen molar-refractivity contribution in [2.24, 2.45) is 0 Å². The van der Waals surface area contributed by atoms with Gasteiger partial charge in [-0.1, -0.05) is 18.9 Å². The molecule has 110 valence electrons. The van der Waals surface area contributed by atoms with Gasteiger partial charge < -0.3 is 10.4 Å². The Morgan fingerprint density at radius 3 is 2.75 bits per heavy atom. The van der Waals surface area contributed by atoms with E-state index < -0.39 is 12.0 Å². The average molecular weight is 279 g/mol. The zero-order chi connectivity index (χ0) is 15.0. The summed E-state index contributed by atoms with van der Waals surface area (Å²) in [5.41, 5.74) is 1.28. The van der Waals surface area contributed by atoms with E-state index in [1.54, 1.807) is 13.0 Å². The summed E-state index contributed by atoms with van der Waals surface area (Å²) in [6.07, 6.45) is 6.17. The van der Waals surface area contributed by atoms with Gasteiger partial charge in [0, 0.05) is 5.69 Å². The highest BCUT2D eigenvalue weighted by Crippen LogP contribution is 2.16. The van der Waals surface area contributed by atoms with E-state index >= 15 is 0 Å². The molecule has 0 aliphatic rings. The third kappa shape index (κ3) is 5.87. The number of carboxylic acid groups (broad SMARTS) is 1. The van der Waals surface area contributed by atoms with Crippen LogP contribution in [-0.4, -0.2) is 17.1 Å². The predicted molar refractivity (Wildman–Crippen MR) is 79.5 cm³/mol. The summed E-state index contributed by atoms with van der Waals surface area (Å²) in [5, 5.41) is 12.1. The Balaban J connectivity index is 2.54. The molecule has 0 aliphatic heterocycles. The summed E-state index contributed by atoms with van der Waals surface area (Å²) in [7, 11) is 0. The molecule has 4 heteroatoms. The first-order valence-electron chi connectivity index (χ1n) is 6.90. The van der Waals surface area contributed by atoms with E-state index in [-0.39, 0.29) is 5.82 Å². The molecule has 0 amide bonds. The highest BCUT2D eigenvalue weighted by atomic mass is 19.1. The molecule has 0 aromatic heterocycles. The van der Waals surface area contributed by atoms with Gasteiger partial charge >= 0.3 is 5.97 Å². The summed E-state index contributed by atoms with van der Waals surface area (Å²) < 4.78 is 13.3. The zero-order valence-electron chi connectivity index (χ0n) is 11.9. The molecule has 0 aliphatic carbocycles. The number of unbranched alkanes of at least 4 members (excludes halogenated alkanes) is 3. The lowest BCUT2D eigenvalue weighted by Gasteiger charge is -2.16. The molecule has 1 rings (SSSR count). The fourth-order valence-corrected chi connectivity index (χ4v) is 2.09. The number of hydrogen-bond donors (Lipinski definition) is 2. The molecule has 1 atom stereocenters. The predicted octanol–water partition coefficient (Wildman–Crippen LogP) is 4.14. The minimum absolute atomic E-state index is 0.359. The standard InChI is InChI=1S/C16H22FNO2/c1-3-4-5-6-7-8-15(16(19)20)18-14-10-12(2)9-13(17)11-14/h3,9-11,15,18H,1,4-8H2,2H3,(H,19,20)/t15-/m0/s1. The minimum atomic E-state index is -0.907. The molecule has 0 bridgehead atoms. The number of allylic oxidation sites excluding steroid dienone is 1. The minimum Gasteiger partial charge on any atom is -0.480 e. The third-order valence-corrected chi connectivity index (χ3v) is 3.08. The molecule has 3 nitrogen and oxygen atoms in total. The second kappa shape index (κ2) is 8.35. The van der Waals surface area contributed by atoms with E-state index in [4.69, 9.17) is 0 Å². The molecule has 1 aromatic rings. The number of aliphatic carboxylic acids is 1. The van der Waals surface area contributed by atoms with Crippen molar-refractivity contribution in [2.75, 3.05) is 5.32 Å². The molecule has 0 fully saturated rings. The molecule has 20 heavy (non-hydrogen) atoms. The van der Waals surface area contributed by atoms with Crippen LogP contribution >= 0.6 is 0 Å². The van der Waals surface area contributed by atoms with Gasteiger partial charge in [0.25, 0.3) is 0 Å². The Labute approximate surface area is 119 Å². The number of benzene rings is 1. The summed E-state index contributed by atoms with van der Waals surface area (Å²) in [4.78, 5) is 11.2. The van der Waals surface area contributed by atoms with E-state index in [9.17, 15) is 14.3 Å². The number of carboxylic acids is 1. The number of hydrogen-bond acceptors (Lipinski definition) is 2. The average Bonchev–Trinajstić information content (AvgIpc) is 2.35. The molecular formula is C16H22FNO2. The van der Waals surface area contributed by atoms with Gasteiger partial charge in [-0.3, -0.25) is 0 Å². The molecule has 0 spiro atoms. The normalized spacial score (nSPS) is 11.9. The molecule has 0 saturated heterocycles. The SMILES string of the molecule is C=CCCCCC[C@H](Nc1cc(C)cc(F)c1)C(=O)O. The van der Waals surface area contributed by atoms with Crippen LogP contribution < -0.4 is 5.32 Å². The molecule has 0 unspecified atom stereocenters. The lowest BCUT2D eigenvalue weighted by molar-refractivity contribution is -0.138. The van der Waals surface area contributed by atoms with Gasteiger partial charge in [0.1, 0.15) is 11.9 Å². The molecule has 0 heterocycles. The smallest absolute Gasteiger partial charge is 0.326 e. The van der Waals surface area contributed by atoms with Crippen molar-refractivity contribution in [2.45, 2.75) is 45.1 Å². The number of anilines is 1. The van der Waals surface area contributed by atoms with Gasteiger partial charge in [-0.2, -0.15) is 0 Å². The van der Waals surface area contributed by atoms with E-state index in [1.165, 1.54) is 12.1 Å². The third-order valence-electron chi connectivity index (χ3n) is 3.08. The maximum Gasteiger partial charge on any atom is 0.326 e. The Bertz CT molecular complexity index is 440. The first-order chi connectivity index (χ1) is 9.52. The second-order valence-electron chi connectivity index (χ2n) is 4.98. The fraction of sp³-hybridized carbons (Fsp3) is 0.438. The van der Waals surface area contributed by atoms with Gasteiger partial charge in [-0.05, 0) is 49.9 Å². The topological polar surface area (TPSA) is 49.3 Å². The highest BCUT2D eigenvalue weighted by Gasteiger charge is 2.16. The summed E-state index contributed by atoms with van der Waals surface area (Å²) in [6, 6.07) is 3.80. The largest absolute Gasteiger partial charge is 0.480 e. The van der Waals surface area contributed by atoms with Crippen LogP contribution in [0, 0.1) is 12.7 Å². The first kappa shape index (κ1) is 16.2. The van der Waals surface area contributed by atoms with Crippen LogP contribution in [0.15, 0.2) is 30.9 Å². The van der Waals surface area contributed by atoms with E-state index in [0.29, 0.717) is 12.1 Å². The molecule has 0 radical (unpaired) electrons. The van der Waals surface area contributed by atoms with Gasteiger partial charge in [0.2, 0.25) is 0 Å². The van der Waals surface area contributed by atoms with Crippen LogP contribution in [0.3, 0.4) is 0 Å². The molecule has 0 saturated carbocycles. The van der Waals surface area contributed by atoms with Crippen LogP contribution in [-0.2, 0) is 4.79 Å². The van der Waals surface area contributed by atoms with Gasteiger partial charge in [0.05, 0.1) is 0 Å². The van der Waals surface area contributed by atoms with Crippen LogP contribution in [0.2, 0.25) is 0 Å². The maximum absolute atomic E-state index is 13.3. The second-order valence-corrected chi connectivity index (χ2v) is 4.98. The monoisotopic (exact) mass is 279 g/mol. The van der Waals surface area contributed by atoms with Gasteiger partial charge in [0.15, 0.2) is 0 Å². The molecule has 1 aromatic carbocycles. The quantitative estimate of drug-likeness (QED) is 0.527. The Morgan fingerprint density at radius 2 is 2.15 bits per heavy atom. The van der Waals surface area contributed by atoms with Gasteiger partial charge in [-0.15, -0.1) is 6.58 Å². The van der Waals surface area contributed by atoms with Crippen molar-refractivity contribution in [1.82, 2.24) is 0 Å². The lowest BCUT2D eigenvalue weighted by atomic mass is 10.1. The number of nitrogens with one attached hydrogen (secondary N) is 1. The van der Waals surface area contributed by atoms with E-state index in [2.05, 4.69) is 11.9 Å². The molecular weight excluding hydrogens is 257 g/mol. The van der Waals surface area contributed by atoms with E-state index in [0.717, 1.165) is 31.2 Å². The van der Waals surface area contributed by atoms with Crippen LogP contribution in [0.4, 0.5) is 10.1 Å². The number of aryl methyl sites for hydroxylation is 1. The van der Waals surface area contributed by atoms with Crippen molar-refractivity contribution >= 4 is 11.7 Å². The Morgan fingerprint density at radius 1 is 1.40 bits per heavy atom. The maximum atomic E-state index is 13.3. The van der Waals surface area contributed by atoms with Crippen molar-refractivity contribution in [3.63, 3.8) is 0 Å². The van der Waals surface area contributed by atoms with Crippen molar-refractivity contribution < 1.29 is 14.3 Å². The summed E-state index contributed by atoms with van der Waals surface area (Å²) in [6.45, 7) is 5.43. The first-order valence-corrected chi connectivity index (χ1v) is 6.90. The van der Waals surface area contributed by atoms with Crippen LogP contribution in [0.5, 0.6) is 0 Å². The van der Waals surface area contributed by atoms with Crippen molar-refractivity contribution in [3.8, 4) is 0 Å². The Hall–Kier alpha value is -1.84.